The Morgan fingerprint density at radius 2 is 1.78 bits per heavy atom. The third-order valence-electron chi connectivity index (χ3n) is 1.65. The second kappa shape index (κ2) is 13.9. The standard InChI is InChI=1S/C6H6N2O2.C5H10O.2ClH/c9-6(8-10)5-1-3-7-4-2-5;1-3-4-5(2)6;;/h1-4,10H,(H,8,9);3-4H2,1-2H3;2*1H. The van der Waals surface area contributed by atoms with E-state index in [0.717, 1.165) is 12.8 Å². The van der Waals surface area contributed by atoms with E-state index in [9.17, 15) is 9.59 Å². The van der Waals surface area contributed by atoms with Crippen LogP contribution in [0.25, 0.3) is 0 Å². The molecule has 7 heteroatoms. The zero-order valence-corrected chi connectivity index (χ0v) is 11.9. The Morgan fingerprint density at radius 1 is 1.28 bits per heavy atom. The van der Waals surface area contributed by atoms with Gasteiger partial charge in [0.15, 0.2) is 0 Å². The van der Waals surface area contributed by atoms with Crippen molar-refractivity contribution in [1.82, 2.24) is 10.5 Å². The molecular formula is C11H18Cl2N2O3. The normalized spacial score (nSPS) is 7.72. The van der Waals surface area contributed by atoms with E-state index in [-0.39, 0.29) is 30.6 Å². The molecule has 0 unspecified atom stereocenters. The van der Waals surface area contributed by atoms with E-state index in [0.29, 0.717) is 5.56 Å². The first-order valence-corrected chi connectivity index (χ1v) is 4.95. The van der Waals surface area contributed by atoms with Crippen molar-refractivity contribution in [2.75, 3.05) is 0 Å². The second-order valence-corrected chi connectivity index (χ2v) is 3.13. The van der Waals surface area contributed by atoms with Crippen LogP contribution in [0.1, 0.15) is 37.0 Å². The average Bonchev–Trinajstić information content (AvgIpc) is 2.30. The Labute approximate surface area is 119 Å². The molecule has 0 fully saturated rings. The molecule has 1 rings (SSSR count). The highest BCUT2D eigenvalue weighted by atomic mass is 35.5. The molecule has 104 valence electrons. The van der Waals surface area contributed by atoms with Crippen LogP contribution in [0.3, 0.4) is 0 Å². The summed E-state index contributed by atoms with van der Waals surface area (Å²) >= 11 is 0. The molecule has 0 aromatic carbocycles. The topological polar surface area (TPSA) is 79.3 Å². The van der Waals surface area contributed by atoms with Gasteiger partial charge in [-0.1, -0.05) is 6.92 Å². The number of halogens is 2. The van der Waals surface area contributed by atoms with Gasteiger partial charge in [0.1, 0.15) is 5.78 Å². The van der Waals surface area contributed by atoms with Crippen molar-refractivity contribution >= 4 is 36.5 Å². The van der Waals surface area contributed by atoms with Crippen LogP contribution in [-0.4, -0.2) is 21.9 Å². The Hall–Kier alpha value is -1.17. The fraction of sp³-hybridized carbons (Fsp3) is 0.364. The van der Waals surface area contributed by atoms with Crippen LogP contribution in [0.4, 0.5) is 0 Å². The molecule has 0 atom stereocenters. The van der Waals surface area contributed by atoms with E-state index in [1.165, 1.54) is 30.0 Å². The van der Waals surface area contributed by atoms with Crippen LogP contribution in [0.15, 0.2) is 24.5 Å². The first kappa shape index (κ1) is 22.0. The van der Waals surface area contributed by atoms with Crippen LogP contribution in [-0.2, 0) is 4.79 Å². The minimum Gasteiger partial charge on any atom is -0.300 e. The minimum absolute atomic E-state index is 0. The van der Waals surface area contributed by atoms with E-state index in [1.807, 2.05) is 6.92 Å². The number of pyridine rings is 1. The minimum atomic E-state index is -0.526. The summed E-state index contributed by atoms with van der Waals surface area (Å²) in [7, 11) is 0. The van der Waals surface area contributed by atoms with Gasteiger partial charge in [0.05, 0.1) is 0 Å². The maximum Gasteiger partial charge on any atom is 0.274 e. The number of hydroxylamine groups is 1. The van der Waals surface area contributed by atoms with Crippen molar-refractivity contribution in [2.45, 2.75) is 26.7 Å². The van der Waals surface area contributed by atoms with Crippen molar-refractivity contribution in [1.29, 1.82) is 0 Å². The fourth-order valence-corrected chi connectivity index (χ4v) is 0.920. The van der Waals surface area contributed by atoms with Crippen molar-refractivity contribution in [3.63, 3.8) is 0 Å². The van der Waals surface area contributed by atoms with Gasteiger partial charge in [0.2, 0.25) is 0 Å². The molecule has 0 saturated carbocycles. The van der Waals surface area contributed by atoms with Crippen LogP contribution in [0.5, 0.6) is 0 Å². The Balaban J connectivity index is -0.000000250. The number of carbonyl (C=O) groups excluding carboxylic acids is 2. The summed E-state index contributed by atoms with van der Waals surface area (Å²) in [4.78, 5) is 24.4. The third-order valence-corrected chi connectivity index (χ3v) is 1.65. The van der Waals surface area contributed by atoms with Gasteiger partial charge in [-0.05, 0) is 25.5 Å². The predicted molar refractivity (Wildman–Crippen MR) is 73.6 cm³/mol. The third kappa shape index (κ3) is 11.3. The quantitative estimate of drug-likeness (QED) is 0.663. The number of hydrogen-bond donors (Lipinski definition) is 2. The summed E-state index contributed by atoms with van der Waals surface area (Å²) in [5, 5.41) is 8.17. The Morgan fingerprint density at radius 3 is 2.06 bits per heavy atom. The molecule has 0 saturated heterocycles. The lowest BCUT2D eigenvalue weighted by molar-refractivity contribution is -0.117. The molecule has 0 aliphatic heterocycles. The maximum absolute atomic E-state index is 10.6. The smallest absolute Gasteiger partial charge is 0.274 e. The monoisotopic (exact) mass is 296 g/mol. The maximum atomic E-state index is 10.6. The number of nitrogens with zero attached hydrogens (tertiary/aromatic N) is 1. The van der Waals surface area contributed by atoms with Gasteiger partial charge in [0.25, 0.3) is 5.91 Å². The SMILES string of the molecule is CCCC(C)=O.Cl.Cl.O=C(NO)c1ccncc1. The molecule has 18 heavy (non-hydrogen) atoms. The van der Waals surface area contributed by atoms with Gasteiger partial charge in [-0.3, -0.25) is 15.0 Å². The molecular weight excluding hydrogens is 279 g/mol. The summed E-state index contributed by atoms with van der Waals surface area (Å²) in [6.45, 7) is 3.62. The van der Waals surface area contributed by atoms with Gasteiger partial charge in [-0.15, -0.1) is 24.8 Å². The first-order chi connectivity index (χ1) is 7.61. The first-order valence-electron chi connectivity index (χ1n) is 4.95. The Kier molecular flexibility index (Phi) is 17.0. The van der Waals surface area contributed by atoms with Gasteiger partial charge < -0.3 is 4.79 Å². The molecule has 0 spiro atoms. The van der Waals surface area contributed by atoms with E-state index in [4.69, 9.17) is 5.21 Å². The molecule has 1 heterocycles. The number of ketones is 1. The molecule has 2 N–H and O–H groups in total. The zero-order valence-electron chi connectivity index (χ0n) is 10.3. The Bertz CT molecular complexity index is 334. The highest BCUT2D eigenvalue weighted by molar-refractivity contribution is 5.93. The second-order valence-electron chi connectivity index (χ2n) is 3.13. The van der Waals surface area contributed by atoms with E-state index >= 15 is 0 Å². The van der Waals surface area contributed by atoms with Gasteiger partial charge in [-0.2, -0.15) is 0 Å². The lowest BCUT2D eigenvalue weighted by atomic mass is 10.3. The van der Waals surface area contributed by atoms with Gasteiger partial charge in [-0.25, -0.2) is 5.48 Å². The molecule has 1 amide bonds. The molecule has 0 radical (unpaired) electrons. The summed E-state index contributed by atoms with van der Waals surface area (Å²) in [6, 6.07) is 3.01. The molecule has 1 aromatic rings. The number of nitrogens with one attached hydrogen (secondary N) is 1. The molecule has 0 aliphatic rings. The van der Waals surface area contributed by atoms with Crippen LogP contribution in [0, 0.1) is 0 Å². The number of Topliss-reactive ketones (excluding diaryl/α,β-unsaturated/α-hetero) is 1. The van der Waals surface area contributed by atoms with Gasteiger partial charge >= 0.3 is 0 Å². The molecule has 5 nitrogen and oxygen atoms in total. The summed E-state index contributed by atoms with van der Waals surface area (Å²) in [5.41, 5.74) is 1.90. The average molecular weight is 297 g/mol. The number of amides is 1. The van der Waals surface area contributed by atoms with Gasteiger partial charge in [0, 0.05) is 24.4 Å². The number of carbonyl (C=O) groups is 2. The highest BCUT2D eigenvalue weighted by Gasteiger charge is 1.99. The number of rotatable bonds is 3. The summed E-state index contributed by atoms with van der Waals surface area (Å²) in [6.07, 6.45) is 4.67. The summed E-state index contributed by atoms with van der Waals surface area (Å²) < 4.78 is 0. The lowest BCUT2D eigenvalue weighted by Gasteiger charge is -1.94. The molecule has 0 aliphatic carbocycles. The molecule has 0 bridgehead atoms. The van der Waals surface area contributed by atoms with Crippen LogP contribution < -0.4 is 5.48 Å². The van der Waals surface area contributed by atoms with Crippen LogP contribution in [0.2, 0.25) is 0 Å². The van der Waals surface area contributed by atoms with Crippen molar-refractivity contribution in [2.24, 2.45) is 0 Å². The number of aromatic nitrogens is 1. The predicted octanol–water partition coefficient (Wildman–Crippen LogP) is 2.42. The van der Waals surface area contributed by atoms with Crippen molar-refractivity contribution in [3.8, 4) is 0 Å². The lowest BCUT2D eigenvalue weighted by Crippen LogP contribution is -2.18. The largest absolute Gasteiger partial charge is 0.300 e. The van der Waals surface area contributed by atoms with E-state index < -0.39 is 5.91 Å². The highest BCUT2D eigenvalue weighted by Crippen LogP contribution is 1.93. The van der Waals surface area contributed by atoms with E-state index in [2.05, 4.69) is 4.98 Å². The summed E-state index contributed by atoms with van der Waals surface area (Å²) in [5.74, 6) is -0.236. The van der Waals surface area contributed by atoms with Crippen molar-refractivity contribution < 1.29 is 14.8 Å². The van der Waals surface area contributed by atoms with Crippen LogP contribution >= 0.6 is 24.8 Å². The van der Waals surface area contributed by atoms with E-state index in [1.54, 1.807) is 6.92 Å². The van der Waals surface area contributed by atoms with Crippen molar-refractivity contribution in [3.05, 3.63) is 30.1 Å². The number of hydrogen-bond acceptors (Lipinski definition) is 4. The zero-order chi connectivity index (χ0) is 12.4. The fourth-order valence-electron chi connectivity index (χ4n) is 0.920. The molecule has 1 aromatic heterocycles.